The monoisotopic (exact) mass is 394 g/mol. The largest absolute Gasteiger partial charge is 0.485 e. The number of benzene rings is 2. The Bertz CT molecular complexity index is 769. The van der Waals surface area contributed by atoms with E-state index < -0.39 is 0 Å². The van der Waals surface area contributed by atoms with Crippen molar-refractivity contribution in [3.8, 4) is 11.5 Å². The van der Waals surface area contributed by atoms with E-state index in [1.54, 1.807) is 0 Å². The molecule has 4 heteroatoms. The Morgan fingerprint density at radius 3 is 2.31 bits per heavy atom. The minimum Gasteiger partial charge on any atom is -0.485 e. The summed E-state index contributed by atoms with van der Waals surface area (Å²) in [5, 5.41) is 0. The van der Waals surface area contributed by atoms with Gasteiger partial charge in [0.1, 0.15) is 6.61 Å². The van der Waals surface area contributed by atoms with Gasteiger partial charge in [-0.1, -0.05) is 55.7 Å². The molecule has 4 rings (SSSR count). The highest BCUT2D eigenvalue weighted by molar-refractivity contribution is 5.41. The maximum absolute atomic E-state index is 6.16. The van der Waals surface area contributed by atoms with Crippen molar-refractivity contribution in [2.24, 2.45) is 0 Å². The van der Waals surface area contributed by atoms with Crippen LogP contribution in [0.3, 0.4) is 0 Å². The first-order valence-electron chi connectivity index (χ1n) is 11.0. The summed E-state index contributed by atoms with van der Waals surface area (Å²) >= 11 is 0. The summed E-state index contributed by atoms with van der Waals surface area (Å²) in [6.45, 7) is 3.84. The molecule has 1 heterocycles. The van der Waals surface area contributed by atoms with Gasteiger partial charge in [0.2, 0.25) is 0 Å². The predicted octanol–water partition coefficient (Wildman–Crippen LogP) is 4.90. The smallest absolute Gasteiger partial charge is 0.162 e. The molecule has 1 fully saturated rings. The SMILES string of the molecule is CN(C)CCN(Cc1ccc(C2COc3ccccc3O2)cc1)C1CCCCC1. The molecule has 0 spiro atoms. The third-order valence-electron chi connectivity index (χ3n) is 6.17. The van der Waals surface area contributed by atoms with Crippen LogP contribution in [0.15, 0.2) is 48.5 Å². The summed E-state index contributed by atoms with van der Waals surface area (Å²) in [6.07, 6.45) is 6.81. The molecule has 1 aliphatic heterocycles. The summed E-state index contributed by atoms with van der Waals surface area (Å²) in [4.78, 5) is 4.99. The number of nitrogens with zero attached hydrogens (tertiary/aromatic N) is 2. The molecule has 29 heavy (non-hydrogen) atoms. The number of rotatable bonds is 7. The van der Waals surface area contributed by atoms with Crippen molar-refractivity contribution < 1.29 is 9.47 Å². The van der Waals surface area contributed by atoms with E-state index in [0.717, 1.165) is 37.2 Å². The first kappa shape index (κ1) is 20.2. The van der Waals surface area contributed by atoms with Gasteiger partial charge in [-0.05, 0) is 50.2 Å². The van der Waals surface area contributed by atoms with Gasteiger partial charge < -0.3 is 14.4 Å². The first-order valence-corrected chi connectivity index (χ1v) is 11.0. The Morgan fingerprint density at radius 2 is 1.59 bits per heavy atom. The minimum atomic E-state index is -0.0397. The molecule has 4 nitrogen and oxygen atoms in total. The lowest BCUT2D eigenvalue weighted by Gasteiger charge is -2.35. The molecular weight excluding hydrogens is 360 g/mol. The third kappa shape index (κ3) is 5.31. The number of para-hydroxylation sites is 2. The van der Waals surface area contributed by atoms with Gasteiger partial charge in [0, 0.05) is 25.7 Å². The molecule has 0 aromatic heterocycles. The Balaban J connectivity index is 1.40. The van der Waals surface area contributed by atoms with Crippen LogP contribution in [-0.2, 0) is 6.54 Å². The van der Waals surface area contributed by atoms with Crippen LogP contribution in [0.5, 0.6) is 11.5 Å². The highest BCUT2D eigenvalue weighted by atomic mass is 16.6. The lowest BCUT2D eigenvalue weighted by molar-refractivity contribution is 0.0912. The van der Waals surface area contributed by atoms with E-state index in [1.807, 2.05) is 24.3 Å². The van der Waals surface area contributed by atoms with Crippen LogP contribution in [-0.4, -0.2) is 49.6 Å². The summed E-state index contributed by atoms with van der Waals surface area (Å²) < 4.78 is 12.0. The number of ether oxygens (including phenoxy) is 2. The molecule has 0 bridgehead atoms. The highest BCUT2D eigenvalue weighted by Gasteiger charge is 2.23. The second-order valence-electron chi connectivity index (χ2n) is 8.67. The van der Waals surface area contributed by atoms with Gasteiger partial charge in [-0.3, -0.25) is 4.90 Å². The van der Waals surface area contributed by atoms with Crippen molar-refractivity contribution in [3.05, 3.63) is 59.7 Å². The molecule has 2 aromatic carbocycles. The molecule has 0 radical (unpaired) electrons. The van der Waals surface area contributed by atoms with Crippen LogP contribution >= 0.6 is 0 Å². The zero-order valence-electron chi connectivity index (χ0n) is 17.8. The standard InChI is InChI=1S/C25H34N2O2/c1-26(2)16-17-27(22-8-4-3-5-9-22)18-20-12-14-21(15-13-20)25-19-28-23-10-6-7-11-24(23)29-25/h6-7,10-15,22,25H,3-5,8-9,16-19H2,1-2H3. The molecule has 156 valence electrons. The van der Waals surface area contributed by atoms with Crippen molar-refractivity contribution in [2.45, 2.75) is 50.8 Å². The lowest BCUT2D eigenvalue weighted by atomic mass is 9.93. The van der Waals surface area contributed by atoms with Crippen molar-refractivity contribution in [1.29, 1.82) is 0 Å². The quantitative estimate of drug-likeness (QED) is 0.667. The summed E-state index contributed by atoms with van der Waals surface area (Å²) in [5.74, 6) is 1.67. The fourth-order valence-corrected chi connectivity index (χ4v) is 4.42. The molecular formula is C25H34N2O2. The Labute approximate surface area is 175 Å². The van der Waals surface area contributed by atoms with Gasteiger partial charge in [-0.25, -0.2) is 0 Å². The Hall–Kier alpha value is -2.04. The molecule has 1 atom stereocenters. The van der Waals surface area contributed by atoms with E-state index in [1.165, 1.54) is 43.2 Å². The van der Waals surface area contributed by atoms with Gasteiger partial charge in [-0.15, -0.1) is 0 Å². The number of fused-ring (bicyclic) bond motifs is 1. The van der Waals surface area contributed by atoms with Crippen LogP contribution in [0.2, 0.25) is 0 Å². The molecule has 0 amide bonds. The van der Waals surface area contributed by atoms with Crippen molar-refractivity contribution in [2.75, 3.05) is 33.8 Å². The maximum Gasteiger partial charge on any atom is 0.162 e. The van der Waals surface area contributed by atoms with E-state index in [9.17, 15) is 0 Å². The number of hydrogen-bond donors (Lipinski definition) is 0. The second-order valence-corrected chi connectivity index (χ2v) is 8.67. The van der Waals surface area contributed by atoms with E-state index in [4.69, 9.17) is 9.47 Å². The normalized spacial score (nSPS) is 19.7. The predicted molar refractivity (Wildman–Crippen MR) is 118 cm³/mol. The molecule has 0 N–H and O–H groups in total. The van der Waals surface area contributed by atoms with Crippen molar-refractivity contribution in [1.82, 2.24) is 9.80 Å². The van der Waals surface area contributed by atoms with Crippen LogP contribution < -0.4 is 9.47 Å². The van der Waals surface area contributed by atoms with E-state index in [-0.39, 0.29) is 6.10 Å². The summed E-state index contributed by atoms with van der Waals surface area (Å²) in [6, 6.07) is 17.6. The minimum absolute atomic E-state index is 0.0397. The highest BCUT2D eigenvalue weighted by Crippen LogP contribution is 2.36. The van der Waals surface area contributed by atoms with E-state index in [2.05, 4.69) is 48.2 Å². The number of likely N-dealkylation sites (N-methyl/N-ethyl adjacent to an activating group) is 1. The first-order chi connectivity index (χ1) is 14.2. The average molecular weight is 395 g/mol. The third-order valence-corrected chi connectivity index (χ3v) is 6.17. The molecule has 1 aliphatic carbocycles. The molecule has 2 aliphatic rings. The Kier molecular flexibility index (Phi) is 6.73. The molecule has 0 saturated heterocycles. The lowest BCUT2D eigenvalue weighted by Crippen LogP contribution is -2.40. The average Bonchev–Trinajstić information content (AvgIpc) is 2.77. The van der Waals surface area contributed by atoms with Crippen LogP contribution in [0.4, 0.5) is 0 Å². The van der Waals surface area contributed by atoms with E-state index >= 15 is 0 Å². The Morgan fingerprint density at radius 1 is 0.862 bits per heavy atom. The molecule has 1 saturated carbocycles. The summed E-state index contributed by atoms with van der Waals surface area (Å²) in [5.41, 5.74) is 2.57. The molecule has 2 aromatic rings. The van der Waals surface area contributed by atoms with Gasteiger partial charge in [0.25, 0.3) is 0 Å². The zero-order valence-corrected chi connectivity index (χ0v) is 17.8. The topological polar surface area (TPSA) is 24.9 Å². The molecule has 1 unspecified atom stereocenters. The maximum atomic E-state index is 6.16. The van der Waals surface area contributed by atoms with Crippen molar-refractivity contribution >= 4 is 0 Å². The van der Waals surface area contributed by atoms with Gasteiger partial charge in [0.15, 0.2) is 17.6 Å². The van der Waals surface area contributed by atoms with Crippen LogP contribution in [0.1, 0.15) is 49.3 Å². The van der Waals surface area contributed by atoms with Gasteiger partial charge in [-0.2, -0.15) is 0 Å². The van der Waals surface area contributed by atoms with Crippen molar-refractivity contribution in [3.63, 3.8) is 0 Å². The van der Waals surface area contributed by atoms with E-state index in [0.29, 0.717) is 6.61 Å². The second kappa shape index (κ2) is 9.64. The summed E-state index contributed by atoms with van der Waals surface area (Å²) in [7, 11) is 4.33. The van der Waals surface area contributed by atoms with Crippen LogP contribution in [0, 0.1) is 0 Å². The fraction of sp³-hybridized carbons (Fsp3) is 0.520. The van der Waals surface area contributed by atoms with Gasteiger partial charge >= 0.3 is 0 Å². The fourth-order valence-electron chi connectivity index (χ4n) is 4.42. The van der Waals surface area contributed by atoms with Gasteiger partial charge in [0.05, 0.1) is 0 Å². The number of hydrogen-bond acceptors (Lipinski definition) is 4. The van der Waals surface area contributed by atoms with Crippen LogP contribution in [0.25, 0.3) is 0 Å². The zero-order chi connectivity index (χ0) is 20.1.